The molecule has 18 nitrogen and oxygen atoms in total. The lowest BCUT2D eigenvalue weighted by Crippen LogP contribution is -2.62. The molecule has 4 aromatic carbocycles. The van der Waals surface area contributed by atoms with E-state index in [1.54, 1.807) is 13.8 Å². The van der Waals surface area contributed by atoms with Crippen LogP contribution in [0.4, 0.5) is 34.1 Å². The molecule has 10 heterocycles. The van der Waals surface area contributed by atoms with Crippen LogP contribution in [0.5, 0.6) is 0 Å². The lowest BCUT2D eigenvalue weighted by molar-refractivity contribution is -0.167. The SMILES string of the molecule is C.C.C.C.CCOC(=O)C(=O)OCC.Nc1ccccc1NC1C[C@H]2CCC[C@@H](C1)N2C1CCCCCCC1.Nc1ccccc1NC1C[C@H]2CCC[C@@H](C1)N2C1CCCCCCC1.O=C1Cc2ccccc2N(C2C[C@H]3CCC[C@@H](C2)N3C2CCCCCCC2)C1=O.O=C1Cc2ccccc2N(C2C[C@H]3CCC[C@@H](C2)N3C2CCCCCCC2)C1=O. The number of nitrogens with zero attached hydrogens (tertiary/aromatic N) is 6. The standard InChI is InChI=1S/2C25H34N2O2.2C22H35N3.C6H10O4.4CH4/c2*28-24-15-18-9-6-7-14-23(18)27(25(24)29)22-16-20-12-8-13-21(17-22)26(20)19-10-4-2-1-3-5-11-19;2*23-21-13-6-7-14-22(21)24-17-15-19-11-8-12-20(16-17)25(19)18-9-4-2-1-3-5-10-18;1-3-9-5(7)6(8)10-4-2;;;;/h2*6-7,9,14,19-22H,1-5,8,10-13,15-17H2;2*6-7,13-14,17-20,24H,1-5,8-12,15-16,23H2;3-4H2,1-2H3;4*1H4/t2*20-,21+,22?;2*17?,19-,20+;;;;;. The third kappa shape index (κ3) is 24.9. The van der Waals surface area contributed by atoms with Crippen molar-refractivity contribution in [3.63, 3.8) is 0 Å². The van der Waals surface area contributed by atoms with Crippen LogP contribution in [0.1, 0.15) is 363 Å². The summed E-state index contributed by atoms with van der Waals surface area (Å²) in [6.07, 6.45) is 65.5. The Kier molecular flexibility index (Phi) is 38.9. The van der Waals surface area contributed by atoms with Crippen LogP contribution in [-0.4, -0.2) is 165 Å². The molecular weight excluding hydrogens is 1520 g/mol. The largest absolute Gasteiger partial charge is 0.458 e. The summed E-state index contributed by atoms with van der Waals surface area (Å²) in [5.74, 6) is -2.88. The smallest absolute Gasteiger partial charge is 0.417 e. The van der Waals surface area contributed by atoms with Crippen LogP contribution < -0.4 is 31.9 Å². The van der Waals surface area contributed by atoms with E-state index in [0.29, 0.717) is 36.3 Å². The normalized spacial score (nSPS) is 28.9. The van der Waals surface area contributed by atoms with E-state index in [9.17, 15) is 28.8 Å². The number of esters is 2. The van der Waals surface area contributed by atoms with Crippen molar-refractivity contribution in [3.05, 3.63) is 108 Å². The Balaban J connectivity index is 0.000000163. The van der Waals surface area contributed by atoms with Gasteiger partial charge < -0.3 is 41.4 Å². The van der Waals surface area contributed by atoms with Gasteiger partial charge in [-0.2, -0.15) is 0 Å². The number of ether oxygens (including phenoxy) is 2. The quantitative estimate of drug-likeness (QED) is 0.0589. The van der Waals surface area contributed by atoms with Crippen molar-refractivity contribution < 1.29 is 38.2 Å². The second-order valence-corrected chi connectivity index (χ2v) is 38.0. The van der Waals surface area contributed by atoms with Crippen molar-refractivity contribution in [1.82, 2.24) is 19.6 Å². The van der Waals surface area contributed by atoms with Gasteiger partial charge in [-0.05, 0) is 215 Å². The number of hydrogen-bond donors (Lipinski definition) is 4. The fraction of sp³-hybridized carbons (Fsp3) is 0.712. The Bertz CT molecular complexity index is 3560. The van der Waals surface area contributed by atoms with Crippen molar-refractivity contribution in [3.8, 4) is 0 Å². The molecule has 8 bridgehead atoms. The molecule has 18 heteroatoms. The van der Waals surface area contributed by atoms with Crippen LogP contribution in [0.2, 0.25) is 0 Å². The molecule has 2 amide bonds. The molecule has 4 aliphatic carbocycles. The second-order valence-electron chi connectivity index (χ2n) is 38.0. The number of benzene rings is 4. The average molecular weight is 1680 g/mol. The van der Waals surface area contributed by atoms with Gasteiger partial charge >= 0.3 is 11.9 Å². The Morgan fingerprint density at radius 3 is 0.795 bits per heavy atom. The molecule has 0 radical (unpaired) electrons. The van der Waals surface area contributed by atoms with Crippen molar-refractivity contribution >= 4 is 69.4 Å². The topological polar surface area (TPSA) is 216 Å². The fourth-order valence-electron chi connectivity index (χ4n) is 25.2. The zero-order valence-electron chi connectivity index (χ0n) is 72.3. The van der Waals surface area contributed by atoms with Crippen LogP contribution in [0.15, 0.2) is 97.1 Å². The number of fused-ring (bicyclic) bond motifs is 10. The minimum Gasteiger partial charge on any atom is -0.458 e. The maximum atomic E-state index is 12.9. The monoisotopic (exact) mass is 1680 g/mol. The van der Waals surface area contributed by atoms with Crippen LogP contribution in [0.3, 0.4) is 0 Å². The lowest BCUT2D eigenvalue weighted by Gasteiger charge is -2.54. The fourth-order valence-corrected chi connectivity index (χ4v) is 25.2. The third-order valence-electron chi connectivity index (χ3n) is 30.3. The highest BCUT2D eigenvalue weighted by Gasteiger charge is 2.50. The summed E-state index contributed by atoms with van der Waals surface area (Å²) >= 11 is 0. The lowest BCUT2D eigenvalue weighted by atomic mass is 9.78. The van der Waals surface area contributed by atoms with Gasteiger partial charge in [-0.3, -0.25) is 38.8 Å². The maximum Gasteiger partial charge on any atom is 0.417 e. The van der Waals surface area contributed by atoms with Gasteiger partial charge in [-0.15, -0.1) is 0 Å². The Labute approximate surface area is 737 Å². The molecule has 4 saturated carbocycles. The zero-order valence-corrected chi connectivity index (χ0v) is 72.3. The molecule has 18 rings (SSSR count). The number of rotatable bonds is 12. The van der Waals surface area contributed by atoms with Crippen LogP contribution in [0, 0.1) is 0 Å². The van der Waals surface area contributed by atoms with Crippen molar-refractivity contribution in [2.45, 2.75) is 461 Å². The summed E-state index contributed by atoms with van der Waals surface area (Å²) in [6.45, 7) is 3.63. The van der Waals surface area contributed by atoms with E-state index in [0.717, 1.165) is 119 Å². The highest BCUT2D eigenvalue weighted by atomic mass is 16.6. The molecule has 6 N–H and O–H groups in total. The van der Waals surface area contributed by atoms with Crippen molar-refractivity contribution in [2.24, 2.45) is 0 Å². The number of nitrogen functional groups attached to an aromatic ring is 2. The summed E-state index contributed by atoms with van der Waals surface area (Å²) in [6, 6.07) is 42.7. The van der Waals surface area contributed by atoms with Crippen molar-refractivity contribution in [1.29, 1.82) is 0 Å². The van der Waals surface area contributed by atoms with E-state index in [1.165, 1.54) is 283 Å². The van der Waals surface area contributed by atoms with Gasteiger partial charge in [0.25, 0.3) is 11.8 Å². The highest BCUT2D eigenvalue weighted by molar-refractivity contribution is 6.44. The maximum absolute atomic E-state index is 12.9. The van der Waals surface area contributed by atoms with Gasteiger partial charge in [0.05, 0.1) is 36.0 Å². The molecule has 14 aliphatic rings. The summed E-state index contributed by atoms with van der Waals surface area (Å²) < 4.78 is 8.69. The molecule has 8 saturated heterocycles. The number of carbonyl (C=O) groups is 6. The van der Waals surface area contributed by atoms with Gasteiger partial charge in [-0.25, -0.2) is 9.59 Å². The molecule has 12 fully saturated rings. The number of amides is 2. The summed E-state index contributed by atoms with van der Waals surface area (Å²) in [5.41, 5.74) is 20.3. The summed E-state index contributed by atoms with van der Waals surface area (Å²) in [4.78, 5) is 87.1. The molecule has 12 atom stereocenters. The Hall–Kier alpha value is -6.86. The van der Waals surface area contributed by atoms with Gasteiger partial charge in [0.15, 0.2) is 0 Å². The number of carbonyl (C=O) groups excluding carboxylic acids is 6. The number of nitrogens with two attached hydrogens (primary N) is 2. The molecular formula is C104H164N10O8. The van der Waals surface area contributed by atoms with Gasteiger partial charge in [0.1, 0.15) is 0 Å². The first-order valence-corrected chi connectivity index (χ1v) is 48.3. The molecule has 122 heavy (non-hydrogen) atoms. The van der Waals surface area contributed by atoms with Gasteiger partial charge in [0, 0.05) is 121 Å². The molecule has 678 valence electrons. The zero-order chi connectivity index (χ0) is 81.7. The number of anilines is 6. The number of para-hydroxylation sites is 6. The number of Topliss-reactive ketones (excluding diaryl/α,β-unsaturated/α-hetero) is 2. The summed E-state index contributed by atoms with van der Waals surface area (Å²) in [5, 5.41) is 7.54. The average Bonchev–Trinajstić information content (AvgIpc) is 0.756. The Morgan fingerprint density at radius 2 is 0.533 bits per heavy atom. The van der Waals surface area contributed by atoms with E-state index >= 15 is 0 Å². The number of ketones is 2. The predicted octanol–water partition coefficient (Wildman–Crippen LogP) is 22.3. The molecule has 4 unspecified atom stereocenters. The van der Waals surface area contributed by atoms with E-state index in [2.05, 4.69) is 64.0 Å². The highest BCUT2D eigenvalue weighted by Crippen LogP contribution is 2.47. The van der Waals surface area contributed by atoms with E-state index in [-0.39, 0.29) is 91.2 Å². The minimum absolute atomic E-state index is 0. The van der Waals surface area contributed by atoms with Crippen LogP contribution in [-0.2, 0) is 51.1 Å². The van der Waals surface area contributed by atoms with Crippen molar-refractivity contribution in [2.75, 3.05) is 45.1 Å². The molecule has 10 aliphatic heterocycles. The summed E-state index contributed by atoms with van der Waals surface area (Å²) in [7, 11) is 0. The second kappa shape index (κ2) is 48.7. The molecule has 4 aromatic rings. The third-order valence-corrected chi connectivity index (χ3v) is 30.3. The van der Waals surface area contributed by atoms with Gasteiger partial charge in [0.2, 0.25) is 11.6 Å². The molecule has 0 spiro atoms. The van der Waals surface area contributed by atoms with E-state index in [1.807, 2.05) is 82.6 Å². The van der Waals surface area contributed by atoms with E-state index < -0.39 is 11.9 Å². The first-order valence-electron chi connectivity index (χ1n) is 48.3. The van der Waals surface area contributed by atoms with Gasteiger partial charge in [-0.1, -0.05) is 244 Å². The minimum atomic E-state index is -0.927. The van der Waals surface area contributed by atoms with Crippen LogP contribution >= 0.6 is 0 Å². The van der Waals surface area contributed by atoms with E-state index in [4.69, 9.17) is 11.5 Å². The van der Waals surface area contributed by atoms with Crippen LogP contribution in [0.25, 0.3) is 0 Å². The Morgan fingerprint density at radius 1 is 0.303 bits per heavy atom. The first-order chi connectivity index (χ1) is 57.8. The number of nitrogens with one attached hydrogen (secondary N) is 2. The number of piperidine rings is 8. The molecule has 0 aromatic heterocycles. The first kappa shape index (κ1) is 97.3. The predicted molar refractivity (Wildman–Crippen MR) is 504 cm³/mol. The number of hydrogen-bond acceptors (Lipinski definition) is 16.